The quantitative estimate of drug-likeness (QED) is 0.709. The van der Waals surface area contributed by atoms with Gasteiger partial charge in [0.25, 0.3) is 0 Å². The first-order valence-electron chi connectivity index (χ1n) is 3.93. The summed E-state index contributed by atoms with van der Waals surface area (Å²) in [4.78, 5) is 0. The third-order valence-corrected chi connectivity index (χ3v) is 4.51. The molecule has 2 aromatic rings. The van der Waals surface area contributed by atoms with Crippen molar-refractivity contribution >= 4 is 53.3 Å². The van der Waals surface area contributed by atoms with Crippen molar-refractivity contribution < 1.29 is 0 Å². The van der Waals surface area contributed by atoms with E-state index in [0.717, 1.165) is 13.8 Å². The van der Waals surface area contributed by atoms with Gasteiger partial charge in [0.15, 0.2) is 0 Å². The molecule has 0 fully saturated rings. The van der Waals surface area contributed by atoms with Gasteiger partial charge in [-0.05, 0) is 39.0 Å². The van der Waals surface area contributed by atoms with E-state index >= 15 is 0 Å². The van der Waals surface area contributed by atoms with Gasteiger partial charge in [0.1, 0.15) is 0 Å². The predicted octanol–water partition coefficient (Wildman–Crippen LogP) is 4.43. The van der Waals surface area contributed by atoms with Crippen LogP contribution in [0.5, 0.6) is 0 Å². The van der Waals surface area contributed by atoms with Gasteiger partial charge in [0, 0.05) is 10.0 Å². The second-order valence-corrected chi connectivity index (χ2v) is 5.74. The van der Waals surface area contributed by atoms with Crippen LogP contribution in [0.15, 0.2) is 22.0 Å². The zero-order valence-electron chi connectivity index (χ0n) is 7.05. The number of halogens is 2. The first-order chi connectivity index (χ1) is 6.76. The summed E-state index contributed by atoms with van der Waals surface area (Å²) in [6, 6.07) is 7.93. The summed E-state index contributed by atoms with van der Waals surface area (Å²) in [5.74, 6) is 0. The Bertz CT molecular complexity index is 525. The highest BCUT2D eigenvalue weighted by Crippen LogP contribution is 2.36. The van der Waals surface area contributed by atoms with Gasteiger partial charge >= 0.3 is 0 Å². The van der Waals surface area contributed by atoms with E-state index in [1.165, 1.54) is 10.9 Å². The van der Waals surface area contributed by atoms with Crippen LogP contribution in [0.2, 0.25) is 0 Å². The molecular weight excluding hydrogens is 326 g/mol. The molecule has 0 radical (unpaired) electrons. The fourth-order valence-electron chi connectivity index (χ4n) is 1.31. The number of hydrogen-bond acceptors (Lipinski definition) is 2. The Hall–Kier alpha value is -0.370. The highest BCUT2D eigenvalue weighted by molar-refractivity contribution is 9.11. The maximum atomic E-state index is 8.76. The van der Waals surface area contributed by atoms with Crippen LogP contribution in [0.25, 0.3) is 10.1 Å². The van der Waals surface area contributed by atoms with Crippen molar-refractivity contribution in [2.24, 2.45) is 0 Å². The molecule has 0 aliphatic heterocycles. The lowest BCUT2D eigenvalue weighted by Crippen LogP contribution is -1.76. The highest BCUT2D eigenvalue weighted by Gasteiger charge is 2.08. The molecule has 0 spiro atoms. The molecular formula is C10H5Br2NS. The van der Waals surface area contributed by atoms with E-state index in [-0.39, 0.29) is 0 Å². The third kappa shape index (κ3) is 1.60. The van der Waals surface area contributed by atoms with Crippen LogP contribution < -0.4 is 0 Å². The van der Waals surface area contributed by atoms with Gasteiger partial charge in [0.05, 0.1) is 15.4 Å². The van der Waals surface area contributed by atoms with Crippen molar-refractivity contribution in [2.75, 3.05) is 0 Å². The standard InChI is InChI=1S/C10H5Br2NS/c11-4-8-7-2-1-6(5-13)3-9(7)14-10(8)12/h1-3H,4H2. The maximum absolute atomic E-state index is 8.76. The van der Waals surface area contributed by atoms with Crippen LogP contribution in [0.3, 0.4) is 0 Å². The molecule has 0 unspecified atom stereocenters. The van der Waals surface area contributed by atoms with Crippen LogP contribution in [-0.2, 0) is 5.33 Å². The molecule has 1 heterocycles. The van der Waals surface area contributed by atoms with Gasteiger partial charge in [-0.15, -0.1) is 11.3 Å². The minimum absolute atomic E-state index is 0.715. The van der Waals surface area contributed by atoms with Crippen LogP contribution in [0.1, 0.15) is 11.1 Å². The number of hydrogen-bond donors (Lipinski definition) is 0. The molecule has 1 aromatic carbocycles. The molecule has 1 aromatic heterocycles. The molecule has 0 atom stereocenters. The Morgan fingerprint density at radius 2 is 2.21 bits per heavy atom. The monoisotopic (exact) mass is 329 g/mol. The van der Waals surface area contributed by atoms with Crippen LogP contribution in [0, 0.1) is 11.3 Å². The fraction of sp³-hybridized carbons (Fsp3) is 0.100. The summed E-state index contributed by atoms with van der Waals surface area (Å²) in [6.45, 7) is 0. The van der Waals surface area contributed by atoms with Crippen LogP contribution >= 0.6 is 43.2 Å². The summed E-state index contributed by atoms with van der Waals surface area (Å²) < 4.78 is 2.30. The molecule has 70 valence electrons. The zero-order valence-corrected chi connectivity index (χ0v) is 11.0. The van der Waals surface area contributed by atoms with Crippen molar-refractivity contribution in [3.8, 4) is 6.07 Å². The molecule has 0 saturated carbocycles. The Kier molecular flexibility index (Phi) is 2.91. The van der Waals surface area contributed by atoms with Gasteiger partial charge in [-0.3, -0.25) is 0 Å². The third-order valence-electron chi connectivity index (χ3n) is 2.01. The molecule has 14 heavy (non-hydrogen) atoms. The lowest BCUT2D eigenvalue weighted by atomic mass is 10.1. The second-order valence-electron chi connectivity index (χ2n) is 2.81. The van der Waals surface area contributed by atoms with Crippen molar-refractivity contribution in [2.45, 2.75) is 5.33 Å². The van der Waals surface area contributed by atoms with Crippen LogP contribution in [-0.4, -0.2) is 0 Å². The molecule has 0 aliphatic rings. The van der Waals surface area contributed by atoms with E-state index in [0.29, 0.717) is 5.56 Å². The van der Waals surface area contributed by atoms with Crippen molar-refractivity contribution in [1.29, 1.82) is 5.26 Å². The molecule has 2 rings (SSSR count). The second kappa shape index (κ2) is 4.01. The van der Waals surface area contributed by atoms with Crippen LogP contribution in [0.4, 0.5) is 0 Å². The SMILES string of the molecule is N#Cc1ccc2c(CBr)c(Br)sc2c1. The van der Waals surface area contributed by atoms with Crippen molar-refractivity contribution in [3.05, 3.63) is 33.1 Å². The van der Waals surface area contributed by atoms with E-state index in [1.807, 2.05) is 18.2 Å². The number of thiophene rings is 1. The maximum Gasteiger partial charge on any atom is 0.0992 e. The number of alkyl halides is 1. The molecule has 1 nitrogen and oxygen atoms in total. The molecule has 0 saturated heterocycles. The van der Waals surface area contributed by atoms with Crippen molar-refractivity contribution in [1.82, 2.24) is 0 Å². The summed E-state index contributed by atoms with van der Waals surface area (Å²) in [5.41, 5.74) is 1.97. The molecule has 0 N–H and O–H groups in total. The van der Waals surface area contributed by atoms with E-state index in [2.05, 4.69) is 37.9 Å². The van der Waals surface area contributed by atoms with Gasteiger partial charge in [-0.25, -0.2) is 0 Å². The number of nitrogens with zero attached hydrogens (tertiary/aromatic N) is 1. The molecule has 0 amide bonds. The zero-order chi connectivity index (χ0) is 10.1. The Balaban J connectivity index is 2.76. The smallest absolute Gasteiger partial charge is 0.0992 e. The summed E-state index contributed by atoms with van der Waals surface area (Å²) in [5, 5.41) is 10.8. The summed E-state index contributed by atoms with van der Waals surface area (Å²) in [6.07, 6.45) is 0. The molecule has 0 bridgehead atoms. The normalized spacial score (nSPS) is 10.4. The minimum Gasteiger partial charge on any atom is -0.192 e. The Labute approximate surface area is 103 Å². The Morgan fingerprint density at radius 3 is 2.86 bits per heavy atom. The first kappa shape index (κ1) is 10.2. The minimum atomic E-state index is 0.715. The topological polar surface area (TPSA) is 23.8 Å². The van der Waals surface area contributed by atoms with E-state index in [4.69, 9.17) is 5.26 Å². The van der Waals surface area contributed by atoms with Gasteiger partial charge in [-0.2, -0.15) is 5.26 Å². The lowest BCUT2D eigenvalue weighted by molar-refractivity contribution is 1.49. The van der Waals surface area contributed by atoms with E-state index in [9.17, 15) is 0 Å². The Morgan fingerprint density at radius 1 is 1.43 bits per heavy atom. The van der Waals surface area contributed by atoms with Gasteiger partial charge < -0.3 is 0 Å². The number of nitriles is 1. The summed E-state index contributed by atoms with van der Waals surface area (Å²) in [7, 11) is 0. The number of benzene rings is 1. The lowest BCUT2D eigenvalue weighted by Gasteiger charge is -1.93. The largest absolute Gasteiger partial charge is 0.192 e. The molecule has 0 aliphatic carbocycles. The first-order valence-corrected chi connectivity index (χ1v) is 6.66. The fourth-order valence-corrected chi connectivity index (χ4v) is 4.32. The van der Waals surface area contributed by atoms with E-state index in [1.54, 1.807) is 11.3 Å². The van der Waals surface area contributed by atoms with Gasteiger partial charge in [0.2, 0.25) is 0 Å². The number of fused-ring (bicyclic) bond motifs is 1. The predicted molar refractivity (Wildman–Crippen MR) is 66.9 cm³/mol. The average molecular weight is 331 g/mol. The van der Waals surface area contributed by atoms with Crippen molar-refractivity contribution in [3.63, 3.8) is 0 Å². The van der Waals surface area contributed by atoms with Gasteiger partial charge in [-0.1, -0.05) is 22.0 Å². The molecule has 4 heteroatoms. The highest BCUT2D eigenvalue weighted by atomic mass is 79.9. The average Bonchev–Trinajstić information content (AvgIpc) is 2.51. The van der Waals surface area contributed by atoms with E-state index < -0.39 is 0 Å². The number of rotatable bonds is 1. The summed E-state index contributed by atoms with van der Waals surface area (Å²) >= 11 is 8.65.